The second-order valence-electron chi connectivity index (χ2n) is 6.00. The molecule has 2 fully saturated rings. The molecule has 2 atom stereocenters. The normalized spacial score (nSPS) is 30.6. The van der Waals surface area contributed by atoms with Gasteiger partial charge < -0.3 is 5.73 Å². The van der Waals surface area contributed by atoms with Crippen molar-refractivity contribution in [2.75, 3.05) is 5.75 Å². The standard InChI is InChI=1S/C15H22N2O2S/c16-13-10-14-6-7-15(11-13)17(14)20(18,19)9-8-12-4-2-1-3-5-12/h1-5,13-15H,6-11,16H2. The summed E-state index contributed by atoms with van der Waals surface area (Å²) in [6, 6.07) is 10.3. The van der Waals surface area contributed by atoms with Crippen molar-refractivity contribution in [3.63, 3.8) is 0 Å². The van der Waals surface area contributed by atoms with Gasteiger partial charge in [0, 0.05) is 18.1 Å². The summed E-state index contributed by atoms with van der Waals surface area (Å²) in [6.45, 7) is 0. The second kappa shape index (κ2) is 5.47. The predicted molar refractivity (Wildman–Crippen MR) is 79.8 cm³/mol. The van der Waals surface area contributed by atoms with Crippen LogP contribution < -0.4 is 5.73 Å². The van der Waals surface area contributed by atoms with E-state index >= 15 is 0 Å². The van der Waals surface area contributed by atoms with E-state index in [1.807, 2.05) is 30.3 Å². The number of benzene rings is 1. The lowest BCUT2D eigenvalue weighted by Gasteiger charge is -2.36. The Morgan fingerprint density at radius 2 is 1.70 bits per heavy atom. The number of fused-ring (bicyclic) bond motifs is 2. The van der Waals surface area contributed by atoms with Crippen LogP contribution in [0, 0.1) is 0 Å². The predicted octanol–water partition coefficient (Wildman–Crippen LogP) is 1.51. The van der Waals surface area contributed by atoms with Gasteiger partial charge in [0.2, 0.25) is 10.0 Å². The van der Waals surface area contributed by atoms with Gasteiger partial charge in [-0.2, -0.15) is 4.31 Å². The number of piperidine rings is 1. The third-order valence-corrected chi connectivity index (χ3v) is 6.47. The Morgan fingerprint density at radius 1 is 1.10 bits per heavy atom. The van der Waals surface area contributed by atoms with Crippen molar-refractivity contribution in [1.82, 2.24) is 4.31 Å². The molecule has 5 heteroatoms. The average molecular weight is 294 g/mol. The molecule has 2 bridgehead atoms. The first-order chi connectivity index (χ1) is 9.56. The fraction of sp³-hybridized carbons (Fsp3) is 0.600. The molecule has 3 rings (SSSR count). The van der Waals surface area contributed by atoms with Gasteiger partial charge in [-0.05, 0) is 37.7 Å². The van der Waals surface area contributed by atoms with Crippen LogP contribution >= 0.6 is 0 Å². The number of nitrogens with two attached hydrogens (primary N) is 1. The third-order valence-electron chi connectivity index (χ3n) is 4.52. The number of hydrogen-bond acceptors (Lipinski definition) is 3. The zero-order valence-electron chi connectivity index (χ0n) is 11.6. The fourth-order valence-electron chi connectivity index (χ4n) is 3.63. The number of nitrogens with zero attached hydrogens (tertiary/aromatic N) is 1. The zero-order chi connectivity index (χ0) is 14.2. The van der Waals surface area contributed by atoms with Crippen molar-refractivity contribution in [2.24, 2.45) is 5.73 Å². The number of sulfonamides is 1. The summed E-state index contributed by atoms with van der Waals surface area (Å²) < 4.78 is 27.0. The van der Waals surface area contributed by atoms with E-state index < -0.39 is 10.0 Å². The van der Waals surface area contributed by atoms with Gasteiger partial charge in [-0.1, -0.05) is 30.3 Å². The van der Waals surface area contributed by atoms with Crippen LogP contribution in [0.15, 0.2) is 30.3 Å². The van der Waals surface area contributed by atoms with Gasteiger partial charge in [0.15, 0.2) is 0 Å². The molecule has 0 saturated carbocycles. The molecule has 0 amide bonds. The van der Waals surface area contributed by atoms with Gasteiger partial charge >= 0.3 is 0 Å². The lowest BCUT2D eigenvalue weighted by Crippen LogP contribution is -2.50. The number of hydrogen-bond donors (Lipinski definition) is 1. The lowest BCUT2D eigenvalue weighted by atomic mass is 10.0. The van der Waals surface area contributed by atoms with E-state index in [4.69, 9.17) is 5.73 Å². The maximum atomic E-state index is 12.6. The first-order valence-electron chi connectivity index (χ1n) is 7.37. The van der Waals surface area contributed by atoms with Crippen molar-refractivity contribution in [1.29, 1.82) is 0 Å². The van der Waals surface area contributed by atoms with E-state index in [-0.39, 0.29) is 23.9 Å². The molecule has 110 valence electrons. The van der Waals surface area contributed by atoms with Gasteiger partial charge in [-0.25, -0.2) is 8.42 Å². The molecule has 20 heavy (non-hydrogen) atoms. The topological polar surface area (TPSA) is 63.4 Å². The molecule has 0 aromatic heterocycles. The van der Waals surface area contributed by atoms with Crippen LogP contribution in [0.4, 0.5) is 0 Å². The van der Waals surface area contributed by atoms with E-state index in [9.17, 15) is 8.42 Å². The minimum absolute atomic E-state index is 0.143. The Kier molecular flexibility index (Phi) is 3.84. The molecular formula is C15H22N2O2S. The van der Waals surface area contributed by atoms with E-state index in [0.29, 0.717) is 6.42 Å². The molecule has 2 unspecified atom stereocenters. The van der Waals surface area contributed by atoms with Crippen LogP contribution in [0.2, 0.25) is 0 Å². The minimum atomic E-state index is -3.16. The molecule has 1 aromatic rings. The summed E-state index contributed by atoms with van der Waals surface area (Å²) in [5.41, 5.74) is 7.09. The van der Waals surface area contributed by atoms with Crippen LogP contribution in [0.3, 0.4) is 0 Å². The quantitative estimate of drug-likeness (QED) is 0.915. The summed E-state index contributed by atoms with van der Waals surface area (Å²) in [5.74, 6) is 0.208. The highest BCUT2D eigenvalue weighted by Gasteiger charge is 2.45. The van der Waals surface area contributed by atoms with Crippen LogP contribution in [0.1, 0.15) is 31.2 Å². The monoisotopic (exact) mass is 294 g/mol. The molecule has 2 aliphatic heterocycles. The van der Waals surface area contributed by atoms with Gasteiger partial charge in [-0.15, -0.1) is 0 Å². The molecule has 4 nitrogen and oxygen atoms in total. The maximum absolute atomic E-state index is 12.6. The van der Waals surface area contributed by atoms with Crippen molar-refractivity contribution >= 4 is 10.0 Å². The maximum Gasteiger partial charge on any atom is 0.214 e. The Balaban J connectivity index is 1.70. The Labute approximate surface area is 121 Å². The fourth-order valence-corrected chi connectivity index (χ4v) is 5.62. The van der Waals surface area contributed by atoms with Gasteiger partial charge in [-0.3, -0.25) is 0 Å². The van der Waals surface area contributed by atoms with Crippen LogP contribution in [-0.4, -0.2) is 36.6 Å². The van der Waals surface area contributed by atoms with E-state index in [1.54, 1.807) is 4.31 Å². The molecule has 0 spiro atoms. The minimum Gasteiger partial charge on any atom is -0.328 e. The SMILES string of the molecule is NC1CC2CCC(C1)N2S(=O)(=O)CCc1ccccc1. The second-order valence-corrected chi connectivity index (χ2v) is 7.99. The Bertz CT molecular complexity index is 544. The van der Waals surface area contributed by atoms with Gasteiger partial charge in [0.25, 0.3) is 0 Å². The number of rotatable bonds is 4. The summed E-state index contributed by atoms with van der Waals surface area (Å²) in [5, 5.41) is 0. The molecule has 2 aliphatic rings. The first kappa shape index (κ1) is 14.0. The van der Waals surface area contributed by atoms with E-state index in [1.165, 1.54) is 0 Å². The van der Waals surface area contributed by atoms with Crippen molar-refractivity contribution in [3.8, 4) is 0 Å². The van der Waals surface area contributed by atoms with Crippen molar-refractivity contribution < 1.29 is 8.42 Å². The highest BCUT2D eigenvalue weighted by molar-refractivity contribution is 7.89. The van der Waals surface area contributed by atoms with Crippen LogP contribution in [0.5, 0.6) is 0 Å². The zero-order valence-corrected chi connectivity index (χ0v) is 12.4. The van der Waals surface area contributed by atoms with Crippen LogP contribution in [-0.2, 0) is 16.4 Å². The molecule has 0 radical (unpaired) electrons. The molecule has 2 saturated heterocycles. The van der Waals surface area contributed by atoms with E-state index in [0.717, 1.165) is 31.2 Å². The molecule has 2 N–H and O–H groups in total. The largest absolute Gasteiger partial charge is 0.328 e. The summed E-state index contributed by atoms with van der Waals surface area (Å²) in [7, 11) is -3.16. The lowest BCUT2D eigenvalue weighted by molar-refractivity contribution is 0.227. The third kappa shape index (κ3) is 2.75. The number of aryl methyl sites for hydroxylation is 1. The van der Waals surface area contributed by atoms with Crippen LogP contribution in [0.25, 0.3) is 0 Å². The van der Waals surface area contributed by atoms with Gasteiger partial charge in [0.1, 0.15) is 0 Å². The average Bonchev–Trinajstić information content (AvgIpc) is 2.72. The highest BCUT2D eigenvalue weighted by atomic mass is 32.2. The summed E-state index contributed by atoms with van der Waals surface area (Å²) in [6.07, 6.45) is 4.18. The van der Waals surface area contributed by atoms with Crippen molar-refractivity contribution in [3.05, 3.63) is 35.9 Å². The molecule has 1 aromatic carbocycles. The molecular weight excluding hydrogens is 272 g/mol. The molecule has 2 heterocycles. The summed E-state index contributed by atoms with van der Waals surface area (Å²) in [4.78, 5) is 0. The Morgan fingerprint density at radius 3 is 2.30 bits per heavy atom. The highest BCUT2D eigenvalue weighted by Crippen LogP contribution is 2.37. The van der Waals surface area contributed by atoms with Gasteiger partial charge in [0.05, 0.1) is 5.75 Å². The smallest absolute Gasteiger partial charge is 0.214 e. The molecule has 0 aliphatic carbocycles. The summed E-state index contributed by atoms with van der Waals surface area (Å²) >= 11 is 0. The Hall–Kier alpha value is -0.910. The van der Waals surface area contributed by atoms with E-state index in [2.05, 4.69) is 0 Å². The van der Waals surface area contributed by atoms with Crippen molar-refractivity contribution in [2.45, 2.75) is 50.2 Å². The first-order valence-corrected chi connectivity index (χ1v) is 8.98.